The normalized spacial score (nSPS) is 16.9. The van der Waals surface area contributed by atoms with Gasteiger partial charge in [-0.1, -0.05) is 12.1 Å². The molecule has 2 aromatic rings. The van der Waals surface area contributed by atoms with Crippen molar-refractivity contribution < 1.29 is 40.3 Å². The lowest BCUT2D eigenvalue weighted by atomic mass is 9.97. The molecule has 3 rings (SSSR count). The molecular formula is C16H14F6N2O3. The molecule has 1 aliphatic heterocycles. The van der Waals surface area contributed by atoms with Crippen LogP contribution < -0.4 is 0 Å². The number of carbonyl (C=O) groups excluding carboxylic acids is 1. The largest absolute Gasteiger partial charge is 0.440 e. The summed E-state index contributed by atoms with van der Waals surface area (Å²) in [5, 5.41) is 0. The summed E-state index contributed by atoms with van der Waals surface area (Å²) in [6.45, 7) is -0.130. The summed E-state index contributed by atoms with van der Waals surface area (Å²) in [4.78, 5) is 16.9. The minimum atomic E-state index is -5.73. The van der Waals surface area contributed by atoms with Crippen molar-refractivity contribution in [2.75, 3.05) is 13.1 Å². The SMILES string of the molecule is O=C(OC(C(F)(F)F)C(F)(F)F)N1CCC(c2nc3ccccc3o2)CC1. The molecule has 1 aliphatic rings. The molecular weight excluding hydrogens is 382 g/mol. The Morgan fingerprint density at radius 1 is 1.11 bits per heavy atom. The molecule has 1 amide bonds. The molecule has 1 aromatic heterocycles. The number of nitrogens with zero attached hydrogens (tertiary/aromatic N) is 2. The zero-order chi connectivity index (χ0) is 19.8. The number of hydrogen-bond donors (Lipinski definition) is 0. The number of likely N-dealkylation sites (tertiary alicyclic amines) is 1. The van der Waals surface area contributed by atoms with Crippen molar-refractivity contribution in [2.45, 2.75) is 37.2 Å². The van der Waals surface area contributed by atoms with Crippen molar-refractivity contribution in [1.82, 2.24) is 9.88 Å². The van der Waals surface area contributed by atoms with Crippen molar-refractivity contribution in [3.05, 3.63) is 30.2 Å². The van der Waals surface area contributed by atoms with Gasteiger partial charge in [-0.25, -0.2) is 9.78 Å². The highest BCUT2D eigenvalue weighted by Crippen LogP contribution is 2.36. The fraction of sp³-hybridized carbons (Fsp3) is 0.500. The van der Waals surface area contributed by atoms with Crippen LogP contribution >= 0.6 is 0 Å². The molecule has 5 nitrogen and oxygen atoms in total. The molecule has 0 radical (unpaired) electrons. The number of hydrogen-bond acceptors (Lipinski definition) is 4. The first-order valence-corrected chi connectivity index (χ1v) is 8.00. The molecule has 0 spiro atoms. The van der Waals surface area contributed by atoms with Crippen molar-refractivity contribution >= 4 is 17.2 Å². The van der Waals surface area contributed by atoms with Gasteiger partial charge in [-0.2, -0.15) is 26.3 Å². The van der Waals surface area contributed by atoms with Gasteiger partial charge < -0.3 is 14.1 Å². The van der Waals surface area contributed by atoms with Gasteiger partial charge in [-0.05, 0) is 25.0 Å². The molecule has 0 aliphatic carbocycles. The fourth-order valence-corrected chi connectivity index (χ4v) is 2.87. The van der Waals surface area contributed by atoms with Crippen LogP contribution in [-0.2, 0) is 4.74 Å². The molecule has 27 heavy (non-hydrogen) atoms. The van der Waals surface area contributed by atoms with E-state index in [1.807, 2.05) is 0 Å². The average Bonchev–Trinajstić information content (AvgIpc) is 3.01. The van der Waals surface area contributed by atoms with E-state index in [1.165, 1.54) is 0 Å². The van der Waals surface area contributed by atoms with E-state index in [1.54, 1.807) is 24.3 Å². The van der Waals surface area contributed by atoms with Crippen LogP contribution in [0.5, 0.6) is 0 Å². The number of rotatable bonds is 2. The van der Waals surface area contributed by atoms with Crippen LogP contribution in [0.2, 0.25) is 0 Å². The average molecular weight is 396 g/mol. The third kappa shape index (κ3) is 4.28. The highest BCUT2D eigenvalue weighted by atomic mass is 19.4. The van der Waals surface area contributed by atoms with Crippen LogP contribution in [0.15, 0.2) is 28.7 Å². The molecule has 148 valence electrons. The Bertz CT molecular complexity index is 761. The zero-order valence-electron chi connectivity index (χ0n) is 13.7. The number of oxazole rings is 1. The monoisotopic (exact) mass is 396 g/mol. The summed E-state index contributed by atoms with van der Waals surface area (Å²) in [5.74, 6) is 0.232. The van der Waals surface area contributed by atoms with Crippen LogP contribution in [0.4, 0.5) is 31.1 Å². The smallest absolute Gasteiger partial charge is 0.434 e. The topological polar surface area (TPSA) is 55.6 Å². The Morgan fingerprint density at radius 3 is 2.26 bits per heavy atom. The second-order valence-corrected chi connectivity index (χ2v) is 6.13. The molecule has 1 aromatic carbocycles. The number of aromatic nitrogens is 1. The summed E-state index contributed by atoms with van der Waals surface area (Å²) in [6, 6.07) is 7.04. The van der Waals surface area contributed by atoms with Gasteiger partial charge in [-0.15, -0.1) is 0 Å². The summed E-state index contributed by atoms with van der Waals surface area (Å²) in [6.07, 6.45) is -16.7. The Kier molecular flexibility index (Phi) is 4.96. The second-order valence-electron chi connectivity index (χ2n) is 6.13. The van der Waals surface area contributed by atoms with E-state index in [0.29, 0.717) is 17.0 Å². The van der Waals surface area contributed by atoms with Crippen molar-refractivity contribution in [3.8, 4) is 0 Å². The van der Waals surface area contributed by atoms with E-state index in [9.17, 15) is 31.1 Å². The van der Waals surface area contributed by atoms with E-state index >= 15 is 0 Å². The van der Waals surface area contributed by atoms with Crippen molar-refractivity contribution in [1.29, 1.82) is 0 Å². The number of carbonyl (C=O) groups is 1. The van der Waals surface area contributed by atoms with Gasteiger partial charge in [0.2, 0.25) is 0 Å². The van der Waals surface area contributed by atoms with Gasteiger partial charge in [0.05, 0.1) is 0 Å². The molecule has 1 fully saturated rings. The fourth-order valence-electron chi connectivity index (χ4n) is 2.87. The predicted octanol–water partition coefficient (Wildman–Crippen LogP) is 4.64. The Labute approximate surface area is 148 Å². The first-order chi connectivity index (χ1) is 12.6. The maximum Gasteiger partial charge on any atom is 0.434 e. The third-order valence-corrected chi connectivity index (χ3v) is 4.23. The molecule has 0 atom stereocenters. The van der Waals surface area contributed by atoms with E-state index in [0.717, 1.165) is 4.90 Å². The number of amides is 1. The molecule has 0 saturated carbocycles. The summed E-state index contributed by atoms with van der Waals surface area (Å²) >= 11 is 0. The van der Waals surface area contributed by atoms with Crippen molar-refractivity contribution in [2.24, 2.45) is 0 Å². The lowest BCUT2D eigenvalue weighted by molar-refractivity contribution is -0.308. The molecule has 11 heteroatoms. The van der Waals surface area contributed by atoms with E-state index < -0.39 is 24.5 Å². The minimum absolute atomic E-state index is 0.0648. The summed E-state index contributed by atoms with van der Waals surface area (Å²) in [7, 11) is 0. The Morgan fingerprint density at radius 2 is 1.70 bits per heavy atom. The van der Waals surface area contributed by atoms with Gasteiger partial charge in [0.25, 0.3) is 6.10 Å². The van der Waals surface area contributed by atoms with Crippen LogP contribution in [-0.4, -0.2) is 47.5 Å². The van der Waals surface area contributed by atoms with Gasteiger partial charge >= 0.3 is 18.4 Å². The Hall–Kier alpha value is -2.46. The number of ether oxygens (including phenoxy) is 1. The second kappa shape index (κ2) is 6.93. The van der Waals surface area contributed by atoms with Gasteiger partial charge in [0.1, 0.15) is 5.52 Å². The van der Waals surface area contributed by atoms with Crippen LogP contribution in [0.25, 0.3) is 11.1 Å². The maximum absolute atomic E-state index is 12.5. The molecule has 2 heterocycles. The van der Waals surface area contributed by atoms with Crippen LogP contribution in [0.3, 0.4) is 0 Å². The lowest BCUT2D eigenvalue weighted by Gasteiger charge is -2.32. The third-order valence-electron chi connectivity index (χ3n) is 4.23. The minimum Gasteiger partial charge on any atom is -0.440 e. The highest BCUT2D eigenvalue weighted by molar-refractivity contribution is 5.72. The molecule has 0 bridgehead atoms. The molecule has 0 unspecified atom stereocenters. The van der Waals surface area contributed by atoms with E-state index in [2.05, 4.69) is 9.72 Å². The molecule has 0 N–H and O–H groups in total. The predicted molar refractivity (Wildman–Crippen MR) is 79.9 cm³/mol. The van der Waals surface area contributed by atoms with E-state index in [-0.39, 0.29) is 31.8 Å². The number of benzene rings is 1. The maximum atomic E-state index is 12.5. The first-order valence-electron chi connectivity index (χ1n) is 8.00. The standard InChI is InChI=1S/C16H14F6N2O3/c17-15(18,19)13(16(20,21)22)27-14(25)24-7-5-9(6-8-24)12-23-10-3-1-2-4-11(10)26-12/h1-4,9,13H,5-8H2. The van der Waals surface area contributed by atoms with Gasteiger partial charge in [0.15, 0.2) is 11.5 Å². The molecule has 1 saturated heterocycles. The van der Waals surface area contributed by atoms with Gasteiger partial charge in [-0.3, -0.25) is 0 Å². The summed E-state index contributed by atoms with van der Waals surface area (Å²) < 4.78 is 84.3. The number of para-hydroxylation sites is 2. The zero-order valence-corrected chi connectivity index (χ0v) is 13.7. The first kappa shape index (κ1) is 19.3. The van der Waals surface area contributed by atoms with Gasteiger partial charge in [0, 0.05) is 19.0 Å². The lowest BCUT2D eigenvalue weighted by Crippen LogP contribution is -2.49. The van der Waals surface area contributed by atoms with Crippen LogP contribution in [0, 0.1) is 0 Å². The Balaban J connectivity index is 1.62. The number of halogens is 6. The summed E-state index contributed by atoms with van der Waals surface area (Å²) in [5.41, 5.74) is 1.22. The van der Waals surface area contributed by atoms with Crippen molar-refractivity contribution in [3.63, 3.8) is 0 Å². The highest BCUT2D eigenvalue weighted by Gasteiger charge is 2.60. The number of piperidine rings is 1. The number of fused-ring (bicyclic) bond motifs is 1. The quantitative estimate of drug-likeness (QED) is 0.695. The number of alkyl halides is 6. The van der Waals surface area contributed by atoms with Crippen LogP contribution in [0.1, 0.15) is 24.7 Å². The van der Waals surface area contributed by atoms with E-state index in [4.69, 9.17) is 4.42 Å².